The Kier molecular flexibility index (Phi) is 15.0. The fourth-order valence-corrected chi connectivity index (χ4v) is 14.4. The molecular weight excluding hydrogens is 1290 g/mol. The van der Waals surface area contributed by atoms with Gasteiger partial charge in [-0.1, -0.05) is 237 Å². The van der Waals surface area contributed by atoms with Gasteiger partial charge in [0.25, 0.3) is 0 Å². The zero-order chi connectivity index (χ0) is 70.0. The van der Waals surface area contributed by atoms with E-state index in [0.29, 0.717) is 0 Å². The third-order valence-electron chi connectivity index (χ3n) is 20.1. The monoisotopic (exact) mass is 1350 g/mol. The molecule has 0 radical (unpaired) electrons. The Labute approximate surface area is 608 Å². The third-order valence-corrected chi connectivity index (χ3v) is 20.1. The van der Waals surface area contributed by atoms with Crippen molar-refractivity contribution in [3.8, 4) is 101 Å². The summed E-state index contributed by atoms with van der Waals surface area (Å²) in [7, 11) is 0. The number of pyridine rings is 10. The highest BCUT2D eigenvalue weighted by Crippen LogP contribution is 2.36. The molecule has 10 aromatic heterocycles. The maximum atomic E-state index is 5.14. The topological polar surface area (TPSA) is 129 Å². The van der Waals surface area contributed by atoms with Crippen molar-refractivity contribution in [1.82, 2.24) is 49.8 Å². The van der Waals surface area contributed by atoms with Crippen LogP contribution in [0.15, 0.2) is 352 Å². The maximum absolute atomic E-state index is 5.14. The van der Waals surface area contributed by atoms with E-state index in [2.05, 4.69) is 266 Å². The average Bonchev–Trinajstić information content (AvgIpc) is 0.780. The predicted octanol–water partition coefficient (Wildman–Crippen LogP) is 23.9. The quantitative estimate of drug-likeness (QED) is 0.129. The van der Waals surface area contributed by atoms with Gasteiger partial charge in [0.1, 0.15) is 0 Å². The summed E-state index contributed by atoms with van der Waals surface area (Å²) in [6.07, 6.45) is 1.82. The minimum Gasteiger partial charge on any atom is -0.254 e. The Morgan fingerprint density at radius 2 is 0.387 bits per heavy atom. The number of fused-ring (bicyclic) bond motifs is 12. The van der Waals surface area contributed by atoms with E-state index in [9.17, 15) is 0 Å². The summed E-state index contributed by atoms with van der Waals surface area (Å²) in [5, 5.41) is 10.9. The second-order valence-corrected chi connectivity index (χ2v) is 26.7. The van der Waals surface area contributed by atoms with Crippen LogP contribution in [0.5, 0.6) is 0 Å². The number of para-hydroxylation sites is 2. The number of hydrogen-bond acceptors (Lipinski definition) is 10. The van der Waals surface area contributed by atoms with Gasteiger partial charge in [-0.3, -0.25) is 4.98 Å². The second kappa shape index (κ2) is 25.8. The average molecular weight is 1350 g/mol. The highest BCUT2D eigenvalue weighted by atomic mass is 14.8. The van der Waals surface area contributed by atoms with Crippen molar-refractivity contribution < 1.29 is 0 Å². The van der Waals surface area contributed by atoms with Crippen LogP contribution in [0.2, 0.25) is 0 Å². The first kappa shape index (κ1) is 61.4. The van der Waals surface area contributed by atoms with Gasteiger partial charge in [-0.25, -0.2) is 44.9 Å². The van der Waals surface area contributed by atoms with E-state index in [0.717, 1.165) is 210 Å². The lowest BCUT2D eigenvalue weighted by Gasteiger charge is -2.09. The van der Waals surface area contributed by atoms with Crippen molar-refractivity contribution in [2.45, 2.75) is 0 Å². The Morgan fingerprint density at radius 3 is 0.821 bits per heavy atom. The largest absolute Gasteiger partial charge is 0.254 e. The first-order chi connectivity index (χ1) is 52.4. The van der Waals surface area contributed by atoms with Crippen LogP contribution in [0.3, 0.4) is 0 Å². The SMILES string of the molecule is c1ccc(-c2ccc3ccc4ccc(-c5ccc(-c6ccc7cc(-c8ccc9ccc(-c%10ccc%11ccccc%11n%10)nc9c8)ccc7n6)cc5)nc4c3n2)cc1.c1ccc2nc(-c3ccc4ccc(-c5ccc6nc(-c7ccc(-c8ccc9ccc%10cccnc%10c9n8)cc7)ccc6c5)cc4n3)ccc2c1. The lowest BCUT2D eigenvalue weighted by atomic mass is 10.0. The standard InChI is InChI=1S/C51H31N5.C45H27N5/c1-2-6-32(7-3-1)44-24-20-37-15-16-38-21-25-45(56-51(38)50(37)55-44)35-12-10-34(11-13-35)43-27-23-41-30-39(22-26-46(41)52-43)40-17-14-36-19-29-48(54-49(36)31-40)47-28-18-33-8-4-5-9-42(33)53-47;1-2-6-37-28(4-1)15-23-41(48-37)42-24-16-31-11-14-35(27-43(31)49-42)34-18-21-40-36(26-34)19-22-38(47-40)29-7-9-30(10-8-29)39-20-17-33-13-12-32-5-3-25-46-44(32)45(33)50-39/h1-31H;1-27H. The van der Waals surface area contributed by atoms with Crippen molar-refractivity contribution in [2.75, 3.05) is 0 Å². The molecule has 0 N–H and O–H groups in total. The Morgan fingerprint density at radius 1 is 0.132 bits per heavy atom. The molecule has 0 amide bonds. The summed E-state index contributed by atoms with van der Waals surface area (Å²) in [6.45, 7) is 0. The summed E-state index contributed by atoms with van der Waals surface area (Å²) in [5.74, 6) is 0. The van der Waals surface area contributed by atoms with E-state index < -0.39 is 0 Å². The molecule has 0 atom stereocenters. The van der Waals surface area contributed by atoms with E-state index in [-0.39, 0.29) is 0 Å². The van der Waals surface area contributed by atoms with Gasteiger partial charge in [-0.15, -0.1) is 0 Å². The molecule has 11 aromatic carbocycles. The molecule has 0 aliphatic heterocycles. The van der Waals surface area contributed by atoms with Crippen molar-refractivity contribution >= 4 is 109 Å². The summed E-state index contributed by atoms with van der Waals surface area (Å²) in [5.41, 5.74) is 27.2. The molecule has 21 aromatic rings. The molecule has 492 valence electrons. The van der Waals surface area contributed by atoms with Gasteiger partial charge in [0.05, 0.1) is 106 Å². The molecule has 0 bridgehead atoms. The van der Waals surface area contributed by atoms with Crippen molar-refractivity contribution in [2.24, 2.45) is 0 Å². The van der Waals surface area contributed by atoms with Crippen LogP contribution < -0.4 is 0 Å². The Hall–Kier alpha value is -14.5. The highest BCUT2D eigenvalue weighted by molar-refractivity contribution is 6.05. The van der Waals surface area contributed by atoms with Crippen molar-refractivity contribution in [3.05, 3.63) is 352 Å². The van der Waals surface area contributed by atoms with Crippen LogP contribution in [0.4, 0.5) is 0 Å². The molecular formula is C96H58N10. The van der Waals surface area contributed by atoms with Crippen LogP contribution >= 0.6 is 0 Å². The molecule has 21 rings (SSSR count). The molecule has 0 unspecified atom stereocenters. The zero-order valence-electron chi connectivity index (χ0n) is 57.0. The smallest absolute Gasteiger partial charge is 0.0972 e. The van der Waals surface area contributed by atoms with Crippen LogP contribution in [0.25, 0.3) is 210 Å². The highest BCUT2D eigenvalue weighted by Gasteiger charge is 2.15. The molecule has 10 heteroatoms. The number of nitrogens with zero attached hydrogens (tertiary/aromatic N) is 10. The first-order valence-electron chi connectivity index (χ1n) is 35.4. The van der Waals surface area contributed by atoms with Crippen LogP contribution in [-0.4, -0.2) is 49.8 Å². The zero-order valence-corrected chi connectivity index (χ0v) is 57.0. The summed E-state index contributed by atoms with van der Waals surface area (Å²) >= 11 is 0. The summed E-state index contributed by atoms with van der Waals surface area (Å²) in [4.78, 5) is 49.7. The molecule has 10 nitrogen and oxygen atoms in total. The van der Waals surface area contributed by atoms with Gasteiger partial charge in [0.15, 0.2) is 0 Å². The summed E-state index contributed by atoms with van der Waals surface area (Å²) in [6, 6.07) is 120. The van der Waals surface area contributed by atoms with Gasteiger partial charge in [0, 0.05) is 87.9 Å². The molecule has 0 spiro atoms. The number of rotatable bonds is 9. The fraction of sp³-hybridized carbons (Fsp3) is 0. The van der Waals surface area contributed by atoms with E-state index >= 15 is 0 Å². The van der Waals surface area contributed by atoms with Gasteiger partial charge in [-0.2, -0.15) is 0 Å². The van der Waals surface area contributed by atoms with Crippen molar-refractivity contribution in [1.29, 1.82) is 0 Å². The fourth-order valence-electron chi connectivity index (χ4n) is 14.4. The van der Waals surface area contributed by atoms with Gasteiger partial charge in [-0.05, 0) is 131 Å². The predicted molar refractivity (Wildman–Crippen MR) is 435 cm³/mol. The summed E-state index contributed by atoms with van der Waals surface area (Å²) < 4.78 is 0. The number of hydrogen-bond donors (Lipinski definition) is 0. The Balaban J connectivity index is 0.000000141. The van der Waals surface area contributed by atoms with Crippen LogP contribution in [-0.2, 0) is 0 Å². The van der Waals surface area contributed by atoms with E-state index in [1.807, 2.05) is 91.1 Å². The number of benzene rings is 11. The molecule has 0 saturated carbocycles. The van der Waals surface area contributed by atoms with Crippen molar-refractivity contribution in [3.63, 3.8) is 0 Å². The van der Waals surface area contributed by atoms with E-state index in [1.54, 1.807) is 0 Å². The van der Waals surface area contributed by atoms with Gasteiger partial charge in [0.2, 0.25) is 0 Å². The molecule has 106 heavy (non-hydrogen) atoms. The minimum absolute atomic E-state index is 0.862. The number of aromatic nitrogens is 10. The lowest BCUT2D eigenvalue weighted by molar-refractivity contribution is 1.32. The molecule has 10 heterocycles. The van der Waals surface area contributed by atoms with E-state index in [1.165, 1.54) is 0 Å². The van der Waals surface area contributed by atoms with Gasteiger partial charge < -0.3 is 0 Å². The minimum atomic E-state index is 0.862. The molecule has 0 aliphatic rings. The molecule has 0 saturated heterocycles. The first-order valence-corrected chi connectivity index (χ1v) is 35.4. The van der Waals surface area contributed by atoms with Gasteiger partial charge >= 0.3 is 0 Å². The molecule has 0 aliphatic carbocycles. The second-order valence-electron chi connectivity index (χ2n) is 26.7. The lowest BCUT2D eigenvalue weighted by Crippen LogP contribution is -1.91. The molecule has 0 fully saturated rings. The maximum Gasteiger partial charge on any atom is 0.0972 e. The van der Waals surface area contributed by atoms with Crippen LogP contribution in [0, 0.1) is 0 Å². The third kappa shape index (κ3) is 11.6. The van der Waals surface area contributed by atoms with E-state index in [4.69, 9.17) is 44.9 Å². The normalized spacial score (nSPS) is 11.6. The Bertz CT molecular complexity index is 7090. The van der Waals surface area contributed by atoms with Crippen LogP contribution in [0.1, 0.15) is 0 Å².